The summed E-state index contributed by atoms with van der Waals surface area (Å²) in [5, 5.41) is 14.0. The van der Waals surface area contributed by atoms with Crippen molar-refractivity contribution in [2.75, 3.05) is 25.5 Å². The molecule has 0 radical (unpaired) electrons. The molecule has 1 aromatic carbocycles. The lowest BCUT2D eigenvalue weighted by atomic mass is 10.3. The van der Waals surface area contributed by atoms with Crippen LogP contribution in [0.2, 0.25) is 0 Å². The first-order valence-corrected chi connectivity index (χ1v) is 6.01. The summed E-state index contributed by atoms with van der Waals surface area (Å²) in [6, 6.07) is 8.24. The number of para-hydroxylation sites is 1. The number of nitrogens with zero attached hydrogens (tertiary/aromatic N) is 1. The topological polar surface area (TPSA) is 81.7 Å². The highest BCUT2D eigenvalue weighted by atomic mass is 16.3. The molecule has 0 aliphatic carbocycles. The molecule has 0 spiro atoms. The van der Waals surface area contributed by atoms with E-state index in [-0.39, 0.29) is 25.1 Å². The molecule has 1 rings (SSSR count). The van der Waals surface area contributed by atoms with E-state index in [1.165, 1.54) is 4.90 Å². The Morgan fingerprint density at radius 1 is 1.32 bits per heavy atom. The summed E-state index contributed by atoms with van der Waals surface area (Å²) in [7, 11) is 1.58. The lowest BCUT2D eigenvalue weighted by molar-refractivity contribution is -0.131. The largest absolute Gasteiger partial charge is 0.394 e. The number of hydrogen-bond acceptors (Lipinski definition) is 3. The van der Waals surface area contributed by atoms with Crippen molar-refractivity contribution >= 4 is 17.6 Å². The lowest BCUT2D eigenvalue weighted by Gasteiger charge is -2.23. The SMILES string of the molecule is CC(CO)N(C)C(=O)CNC(=O)Nc1ccccc1. The van der Waals surface area contributed by atoms with Gasteiger partial charge in [-0.1, -0.05) is 18.2 Å². The Bertz CT molecular complexity index is 422. The molecule has 0 heterocycles. The van der Waals surface area contributed by atoms with Gasteiger partial charge in [0.05, 0.1) is 19.2 Å². The molecule has 1 aromatic rings. The molecular formula is C13H19N3O3. The van der Waals surface area contributed by atoms with Crippen molar-refractivity contribution in [3.05, 3.63) is 30.3 Å². The molecule has 0 aliphatic rings. The summed E-state index contributed by atoms with van der Waals surface area (Å²) in [6.45, 7) is 1.50. The minimum absolute atomic E-state index is 0.112. The van der Waals surface area contributed by atoms with Gasteiger partial charge in [0.25, 0.3) is 0 Å². The van der Waals surface area contributed by atoms with Crippen molar-refractivity contribution in [2.45, 2.75) is 13.0 Å². The molecule has 0 fully saturated rings. The second-order valence-corrected chi connectivity index (χ2v) is 4.21. The second kappa shape index (κ2) is 7.38. The normalized spacial score (nSPS) is 11.5. The van der Waals surface area contributed by atoms with E-state index < -0.39 is 6.03 Å². The van der Waals surface area contributed by atoms with E-state index in [0.717, 1.165) is 0 Å². The highest BCUT2D eigenvalue weighted by molar-refractivity contribution is 5.92. The molecule has 1 atom stereocenters. The van der Waals surface area contributed by atoms with E-state index in [0.29, 0.717) is 5.69 Å². The maximum atomic E-state index is 11.7. The molecule has 104 valence electrons. The Morgan fingerprint density at radius 3 is 2.53 bits per heavy atom. The van der Waals surface area contributed by atoms with Crippen LogP contribution in [-0.4, -0.2) is 48.2 Å². The molecule has 0 aromatic heterocycles. The van der Waals surface area contributed by atoms with Gasteiger partial charge in [0.2, 0.25) is 5.91 Å². The number of aliphatic hydroxyl groups excluding tert-OH is 1. The fourth-order valence-corrected chi connectivity index (χ4v) is 1.35. The highest BCUT2D eigenvalue weighted by Gasteiger charge is 2.15. The first-order valence-electron chi connectivity index (χ1n) is 6.01. The van der Waals surface area contributed by atoms with Crippen LogP contribution in [0, 0.1) is 0 Å². The van der Waals surface area contributed by atoms with Crippen LogP contribution in [0.5, 0.6) is 0 Å². The van der Waals surface area contributed by atoms with Gasteiger partial charge in [-0.05, 0) is 19.1 Å². The second-order valence-electron chi connectivity index (χ2n) is 4.21. The predicted octanol–water partition coefficient (Wildman–Crippen LogP) is 0.647. The average molecular weight is 265 g/mol. The van der Waals surface area contributed by atoms with E-state index in [1.54, 1.807) is 38.2 Å². The van der Waals surface area contributed by atoms with Gasteiger partial charge in [-0.2, -0.15) is 0 Å². The summed E-state index contributed by atoms with van der Waals surface area (Å²) in [5.41, 5.74) is 0.657. The molecule has 3 N–H and O–H groups in total. The van der Waals surface area contributed by atoms with Gasteiger partial charge in [0.15, 0.2) is 0 Å². The van der Waals surface area contributed by atoms with E-state index in [4.69, 9.17) is 5.11 Å². The third-order valence-corrected chi connectivity index (χ3v) is 2.75. The summed E-state index contributed by atoms with van der Waals surface area (Å²) in [4.78, 5) is 24.6. The zero-order chi connectivity index (χ0) is 14.3. The maximum absolute atomic E-state index is 11.7. The third kappa shape index (κ3) is 4.97. The predicted molar refractivity (Wildman–Crippen MR) is 72.8 cm³/mol. The number of nitrogens with one attached hydrogen (secondary N) is 2. The molecule has 0 bridgehead atoms. The standard InChI is InChI=1S/C13H19N3O3/c1-10(9-17)16(2)12(18)8-14-13(19)15-11-6-4-3-5-7-11/h3-7,10,17H,8-9H2,1-2H3,(H2,14,15,19). The van der Waals surface area contributed by atoms with Crippen molar-refractivity contribution in [3.8, 4) is 0 Å². The van der Waals surface area contributed by atoms with Crippen LogP contribution < -0.4 is 10.6 Å². The number of anilines is 1. The zero-order valence-corrected chi connectivity index (χ0v) is 11.1. The van der Waals surface area contributed by atoms with E-state index in [2.05, 4.69) is 10.6 Å². The number of amides is 3. The van der Waals surface area contributed by atoms with Gasteiger partial charge in [-0.25, -0.2) is 4.79 Å². The van der Waals surface area contributed by atoms with Crippen LogP contribution in [0.1, 0.15) is 6.92 Å². The Balaban J connectivity index is 2.36. The van der Waals surface area contributed by atoms with Crippen LogP contribution >= 0.6 is 0 Å². The van der Waals surface area contributed by atoms with Gasteiger partial charge in [-0.15, -0.1) is 0 Å². The van der Waals surface area contributed by atoms with Gasteiger partial charge in [-0.3, -0.25) is 4.79 Å². The van der Waals surface area contributed by atoms with Gasteiger partial charge in [0, 0.05) is 12.7 Å². The van der Waals surface area contributed by atoms with Crippen LogP contribution in [-0.2, 0) is 4.79 Å². The number of carbonyl (C=O) groups excluding carboxylic acids is 2. The number of aliphatic hydroxyl groups is 1. The molecule has 6 nitrogen and oxygen atoms in total. The molecule has 6 heteroatoms. The summed E-state index contributed by atoms with van der Waals surface area (Å²) >= 11 is 0. The number of likely N-dealkylation sites (N-methyl/N-ethyl adjacent to an activating group) is 1. The number of benzene rings is 1. The van der Waals surface area contributed by atoms with Crippen LogP contribution in [0.15, 0.2) is 30.3 Å². The first-order chi connectivity index (χ1) is 9.04. The third-order valence-electron chi connectivity index (χ3n) is 2.75. The van der Waals surface area contributed by atoms with E-state index >= 15 is 0 Å². The number of hydrogen-bond donors (Lipinski definition) is 3. The molecular weight excluding hydrogens is 246 g/mol. The molecule has 1 unspecified atom stereocenters. The van der Waals surface area contributed by atoms with Crippen molar-refractivity contribution in [1.29, 1.82) is 0 Å². The maximum Gasteiger partial charge on any atom is 0.319 e. The Kier molecular flexibility index (Phi) is 5.81. The fourth-order valence-electron chi connectivity index (χ4n) is 1.35. The van der Waals surface area contributed by atoms with Crippen molar-refractivity contribution in [1.82, 2.24) is 10.2 Å². The number of rotatable bonds is 5. The van der Waals surface area contributed by atoms with E-state index in [1.807, 2.05) is 6.07 Å². The average Bonchev–Trinajstić information content (AvgIpc) is 2.44. The highest BCUT2D eigenvalue weighted by Crippen LogP contribution is 2.04. The Morgan fingerprint density at radius 2 is 1.95 bits per heavy atom. The molecule has 0 saturated heterocycles. The molecule has 0 saturated carbocycles. The number of urea groups is 1. The number of carbonyl (C=O) groups is 2. The van der Waals surface area contributed by atoms with Crippen molar-refractivity contribution in [2.24, 2.45) is 0 Å². The molecule has 0 aliphatic heterocycles. The summed E-state index contributed by atoms with van der Waals surface area (Å²) in [5.74, 6) is -0.259. The monoisotopic (exact) mass is 265 g/mol. The quantitative estimate of drug-likeness (QED) is 0.731. The lowest BCUT2D eigenvalue weighted by Crippen LogP contribution is -2.44. The zero-order valence-electron chi connectivity index (χ0n) is 11.1. The Labute approximate surface area is 112 Å². The summed E-state index contributed by atoms with van der Waals surface area (Å²) in [6.07, 6.45) is 0. The van der Waals surface area contributed by atoms with Gasteiger partial charge < -0.3 is 20.6 Å². The van der Waals surface area contributed by atoms with Crippen molar-refractivity contribution in [3.63, 3.8) is 0 Å². The van der Waals surface area contributed by atoms with Crippen LogP contribution in [0.25, 0.3) is 0 Å². The molecule has 3 amide bonds. The van der Waals surface area contributed by atoms with Crippen LogP contribution in [0.3, 0.4) is 0 Å². The minimum Gasteiger partial charge on any atom is -0.394 e. The first kappa shape index (κ1) is 15.0. The van der Waals surface area contributed by atoms with Gasteiger partial charge >= 0.3 is 6.03 Å². The van der Waals surface area contributed by atoms with Gasteiger partial charge in [0.1, 0.15) is 0 Å². The Hall–Kier alpha value is -2.08. The van der Waals surface area contributed by atoms with Crippen LogP contribution in [0.4, 0.5) is 10.5 Å². The molecule has 19 heavy (non-hydrogen) atoms. The fraction of sp³-hybridized carbons (Fsp3) is 0.385. The minimum atomic E-state index is -0.440. The summed E-state index contributed by atoms with van der Waals surface area (Å²) < 4.78 is 0. The van der Waals surface area contributed by atoms with E-state index in [9.17, 15) is 9.59 Å². The smallest absolute Gasteiger partial charge is 0.319 e. The van der Waals surface area contributed by atoms with Crippen molar-refractivity contribution < 1.29 is 14.7 Å².